The highest BCUT2D eigenvalue weighted by atomic mass is 16.2. The molecule has 0 aliphatic carbocycles. The van der Waals surface area contributed by atoms with Gasteiger partial charge in [-0.25, -0.2) is 9.48 Å². The molecule has 2 aromatic heterocycles. The van der Waals surface area contributed by atoms with Crippen LogP contribution < -0.4 is 16.3 Å². The summed E-state index contributed by atoms with van der Waals surface area (Å²) in [7, 11) is 0. The Morgan fingerprint density at radius 2 is 2.19 bits per heavy atom. The second-order valence-corrected chi connectivity index (χ2v) is 6.69. The Balaban J connectivity index is 1.41. The highest BCUT2D eigenvalue weighted by Gasteiger charge is 2.16. The van der Waals surface area contributed by atoms with Crippen LogP contribution in [0.2, 0.25) is 0 Å². The molecule has 2 N–H and O–H groups in total. The van der Waals surface area contributed by atoms with E-state index >= 15 is 0 Å². The number of rotatable bonds is 9. The number of fused-ring (bicyclic) bond motifs is 1. The second kappa shape index (κ2) is 9.94. The molecule has 9 nitrogen and oxygen atoms in total. The van der Waals surface area contributed by atoms with Gasteiger partial charge in [0.05, 0.1) is 0 Å². The van der Waals surface area contributed by atoms with Crippen molar-refractivity contribution in [3.63, 3.8) is 0 Å². The molecule has 3 rings (SSSR count). The third-order valence-corrected chi connectivity index (χ3v) is 4.59. The van der Waals surface area contributed by atoms with Gasteiger partial charge in [0.15, 0.2) is 5.96 Å². The maximum absolute atomic E-state index is 12.3. The van der Waals surface area contributed by atoms with Gasteiger partial charge in [0, 0.05) is 58.1 Å². The summed E-state index contributed by atoms with van der Waals surface area (Å²) in [6, 6.07) is 1.93. The Morgan fingerprint density at radius 1 is 1.26 bits per heavy atom. The minimum absolute atomic E-state index is 0.0253. The number of aryl methyl sites for hydroxylation is 3. The van der Waals surface area contributed by atoms with Crippen LogP contribution in [-0.4, -0.2) is 49.7 Å². The predicted molar refractivity (Wildman–Crippen MR) is 105 cm³/mol. The van der Waals surface area contributed by atoms with E-state index in [-0.39, 0.29) is 5.69 Å². The molecular formula is C18H30N8O. The van der Waals surface area contributed by atoms with E-state index in [0.717, 1.165) is 70.1 Å². The van der Waals surface area contributed by atoms with Crippen LogP contribution in [0.4, 0.5) is 0 Å². The molecule has 9 heteroatoms. The second-order valence-electron chi connectivity index (χ2n) is 6.69. The van der Waals surface area contributed by atoms with Gasteiger partial charge in [0.1, 0.15) is 5.82 Å². The summed E-state index contributed by atoms with van der Waals surface area (Å²) in [6.45, 7) is 6.66. The normalized spacial score (nSPS) is 14.2. The fourth-order valence-electron chi connectivity index (χ4n) is 3.23. The molecule has 0 amide bonds. The maximum Gasteiger partial charge on any atom is 0.345 e. The Labute approximate surface area is 159 Å². The van der Waals surface area contributed by atoms with Crippen LogP contribution in [0, 0.1) is 0 Å². The molecule has 0 spiro atoms. The molecule has 0 fully saturated rings. The van der Waals surface area contributed by atoms with Crippen LogP contribution in [0.1, 0.15) is 38.4 Å². The average Bonchev–Trinajstić information content (AvgIpc) is 3.31. The van der Waals surface area contributed by atoms with E-state index in [1.807, 2.05) is 21.5 Å². The van der Waals surface area contributed by atoms with Gasteiger partial charge in [-0.2, -0.15) is 10.2 Å². The molecule has 148 valence electrons. The molecule has 1 aliphatic rings. The van der Waals surface area contributed by atoms with Gasteiger partial charge in [0.25, 0.3) is 0 Å². The third-order valence-electron chi connectivity index (χ3n) is 4.59. The summed E-state index contributed by atoms with van der Waals surface area (Å²) in [6.07, 6.45) is 8.63. The smallest absolute Gasteiger partial charge is 0.345 e. The van der Waals surface area contributed by atoms with Crippen LogP contribution in [0.25, 0.3) is 0 Å². The van der Waals surface area contributed by atoms with Gasteiger partial charge in [0.2, 0.25) is 0 Å². The monoisotopic (exact) mass is 374 g/mol. The highest BCUT2D eigenvalue weighted by Crippen LogP contribution is 2.09. The number of aromatic nitrogens is 5. The third kappa shape index (κ3) is 5.45. The first-order chi connectivity index (χ1) is 13.3. The summed E-state index contributed by atoms with van der Waals surface area (Å²) < 4.78 is 5.34. The number of nitrogens with zero attached hydrogens (tertiary/aromatic N) is 6. The topological polar surface area (TPSA) is 94.1 Å². The van der Waals surface area contributed by atoms with E-state index in [4.69, 9.17) is 0 Å². The number of hydrogen-bond donors (Lipinski definition) is 2. The van der Waals surface area contributed by atoms with E-state index in [2.05, 4.69) is 32.7 Å². The van der Waals surface area contributed by atoms with Crippen molar-refractivity contribution in [2.45, 2.75) is 58.7 Å². The van der Waals surface area contributed by atoms with Crippen LogP contribution in [-0.2, 0) is 26.1 Å². The number of guanidine groups is 1. The molecular weight excluding hydrogens is 344 g/mol. The highest BCUT2D eigenvalue weighted by molar-refractivity contribution is 5.79. The standard InChI is InChI=1S/C18H30N8O/c1-2-19-17(20-9-5-12-24-13-7-11-22-24)21-10-6-15-26-18(27)25-14-4-3-8-16(25)23-26/h7,11,13H,2-6,8-10,12,14-15H2,1H3,(H2,19,20,21). The largest absolute Gasteiger partial charge is 0.357 e. The zero-order valence-corrected chi connectivity index (χ0v) is 16.1. The quantitative estimate of drug-likeness (QED) is 0.381. The van der Waals surface area contributed by atoms with E-state index in [9.17, 15) is 4.79 Å². The van der Waals surface area contributed by atoms with Crippen molar-refractivity contribution in [3.8, 4) is 0 Å². The van der Waals surface area contributed by atoms with Crippen molar-refractivity contribution in [2.75, 3.05) is 19.6 Å². The molecule has 0 saturated heterocycles. The minimum Gasteiger partial charge on any atom is -0.357 e. The lowest BCUT2D eigenvalue weighted by Gasteiger charge is -2.11. The van der Waals surface area contributed by atoms with E-state index in [0.29, 0.717) is 13.1 Å². The number of nitrogens with one attached hydrogen (secondary N) is 2. The van der Waals surface area contributed by atoms with Gasteiger partial charge in [-0.05, 0) is 38.7 Å². The Hall–Kier alpha value is -2.58. The number of hydrogen-bond acceptors (Lipinski definition) is 4. The maximum atomic E-state index is 12.3. The fourth-order valence-corrected chi connectivity index (χ4v) is 3.23. The minimum atomic E-state index is 0.0253. The van der Waals surface area contributed by atoms with Crippen molar-refractivity contribution >= 4 is 5.96 Å². The van der Waals surface area contributed by atoms with Crippen LogP contribution >= 0.6 is 0 Å². The first kappa shape index (κ1) is 19.2. The Kier molecular flexibility index (Phi) is 7.06. The summed E-state index contributed by atoms with van der Waals surface area (Å²) >= 11 is 0. The van der Waals surface area contributed by atoms with Gasteiger partial charge in [-0.1, -0.05) is 0 Å². The number of aliphatic imine (C=N–C) groups is 1. The van der Waals surface area contributed by atoms with Crippen molar-refractivity contribution in [2.24, 2.45) is 4.99 Å². The lowest BCUT2D eigenvalue weighted by molar-refractivity contribution is 0.509. The molecule has 3 heterocycles. The van der Waals surface area contributed by atoms with Crippen molar-refractivity contribution in [1.82, 2.24) is 34.8 Å². The summed E-state index contributed by atoms with van der Waals surface area (Å²) in [5.74, 6) is 1.75. The lowest BCUT2D eigenvalue weighted by Crippen LogP contribution is -2.38. The molecule has 0 aromatic carbocycles. The van der Waals surface area contributed by atoms with Gasteiger partial charge in [-0.15, -0.1) is 0 Å². The Bertz CT molecular complexity index is 774. The summed E-state index contributed by atoms with van der Waals surface area (Å²) in [4.78, 5) is 16.9. The molecule has 0 bridgehead atoms. The predicted octanol–water partition coefficient (Wildman–Crippen LogP) is 0.613. The summed E-state index contributed by atoms with van der Waals surface area (Å²) in [5, 5.41) is 15.3. The molecule has 27 heavy (non-hydrogen) atoms. The molecule has 0 saturated carbocycles. The molecule has 2 aromatic rings. The first-order valence-corrected chi connectivity index (χ1v) is 9.94. The SMILES string of the molecule is CCNC(=NCCCn1nc2n(c1=O)CCCC2)NCCCn1cccn1. The first-order valence-electron chi connectivity index (χ1n) is 9.94. The fraction of sp³-hybridized carbons (Fsp3) is 0.667. The van der Waals surface area contributed by atoms with Crippen molar-refractivity contribution < 1.29 is 0 Å². The van der Waals surface area contributed by atoms with E-state index in [1.165, 1.54) is 0 Å². The van der Waals surface area contributed by atoms with Gasteiger partial charge >= 0.3 is 5.69 Å². The van der Waals surface area contributed by atoms with Crippen LogP contribution in [0.3, 0.4) is 0 Å². The molecule has 0 unspecified atom stereocenters. The van der Waals surface area contributed by atoms with E-state index in [1.54, 1.807) is 10.9 Å². The van der Waals surface area contributed by atoms with Gasteiger partial charge in [-0.3, -0.25) is 14.2 Å². The molecule has 1 aliphatic heterocycles. The molecule has 0 radical (unpaired) electrons. The van der Waals surface area contributed by atoms with Crippen molar-refractivity contribution in [3.05, 3.63) is 34.8 Å². The van der Waals surface area contributed by atoms with Gasteiger partial charge < -0.3 is 10.6 Å². The summed E-state index contributed by atoms with van der Waals surface area (Å²) in [5.41, 5.74) is 0.0253. The van der Waals surface area contributed by atoms with Crippen LogP contribution in [0.5, 0.6) is 0 Å². The Morgan fingerprint density at radius 3 is 2.96 bits per heavy atom. The average molecular weight is 374 g/mol. The van der Waals surface area contributed by atoms with Crippen molar-refractivity contribution in [1.29, 1.82) is 0 Å². The van der Waals surface area contributed by atoms with Crippen LogP contribution in [0.15, 0.2) is 28.2 Å². The lowest BCUT2D eigenvalue weighted by atomic mass is 10.2. The van der Waals surface area contributed by atoms with E-state index < -0.39 is 0 Å². The zero-order chi connectivity index (χ0) is 18.9. The zero-order valence-electron chi connectivity index (χ0n) is 16.1. The molecule has 0 atom stereocenters.